The zero-order valence-corrected chi connectivity index (χ0v) is 26.1. The molecule has 2 aromatic rings. The first-order chi connectivity index (χ1) is 20.2. The van der Waals surface area contributed by atoms with Crippen LogP contribution in [0.25, 0.3) is 10.4 Å². The Morgan fingerprint density at radius 1 is 1.33 bits per heavy atom. The molecule has 17 heteroatoms. The van der Waals surface area contributed by atoms with Gasteiger partial charge in [-0.1, -0.05) is 49.8 Å². The van der Waals surface area contributed by atoms with Gasteiger partial charge in [0.25, 0.3) is 5.56 Å². The molecule has 1 fully saturated rings. The lowest BCUT2D eigenvalue weighted by atomic mass is 10.00. The van der Waals surface area contributed by atoms with Crippen LogP contribution >= 0.6 is 19.6 Å². The summed E-state index contributed by atoms with van der Waals surface area (Å²) in [5, 5.41) is 12.9. The van der Waals surface area contributed by atoms with Gasteiger partial charge in [-0.25, -0.2) is 9.36 Å². The van der Waals surface area contributed by atoms with E-state index in [1.807, 2.05) is 0 Å². The third kappa shape index (κ3) is 10.1. The first kappa shape index (κ1) is 34.5. The van der Waals surface area contributed by atoms with E-state index < -0.39 is 55.5 Å². The minimum atomic E-state index is -4.32. The van der Waals surface area contributed by atoms with Gasteiger partial charge in [-0.2, -0.15) is 0 Å². The Balaban J connectivity index is 1.76. The maximum atomic E-state index is 13.8. The SMILES string of the molecule is Cc1cn([C@H]2C[C@H](N=[N+]=[N-])[C@@H](COP(=O)(OCCSC(=O)C(C)(C)C)Oc3ccc(C[C@H](N)CO)cc3)O2)c(=O)[nH]c1=O. The molecule has 1 aliphatic rings. The molecule has 43 heavy (non-hydrogen) atoms. The number of carbonyl (C=O) groups excluding carboxylic acids is 1. The zero-order chi connectivity index (χ0) is 31.8. The summed E-state index contributed by atoms with van der Waals surface area (Å²) in [7, 11) is -4.32. The number of nitrogens with two attached hydrogens (primary N) is 1. The Hall–Kier alpha value is -2.94. The minimum absolute atomic E-state index is 0.0696. The number of nitrogens with one attached hydrogen (secondary N) is 1. The maximum Gasteiger partial charge on any atom is 0.530 e. The fourth-order valence-electron chi connectivity index (χ4n) is 3.96. The van der Waals surface area contributed by atoms with Crippen molar-refractivity contribution in [2.75, 3.05) is 25.6 Å². The second kappa shape index (κ2) is 15.2. The second-order valence-corrected chi connectivity index (χ2v) is 13.6. The number of nitrogens with zero attached hydrogens (tertiary/aromatic N) is 4. The fraction of sp³-hybridized carbons (Fsp3) is 0.577. The molecule has 15 nitrogen and oxygen atoms in total. The Morgan fingerprint density at radius 3 is 2.65 bits per heavy atom. The lowest BCUT2D eigenvalue weighted by Gasteiger charge is -2.22. The summed E-state index contributed by atoms with van der Waals surface area (Å²) in [6, 6.07) is 5.24. The third-order valence-electron chi connectivity index (χ3n) is 6.31. The number of ether oxygens (including phenoxy) is 1. The van der Waals surface area contributed by atoms with E-state index in [4.69, 9.17) is 29.6 Å². The molecular formula is C26H37N6O9PS. The van der Waals surface area contributed by atoms with Crippen LogP contribution in [0.2, 0.25) is 0 Å². The van der Waals surface area contributed by atoms with Gasteiger partial charge in [0.1, 0.15) is 12.0 Å². The minimum Gasteiger partial charge on any atom is -0.404 e. The number of aliphatic hydroxyl groups excluding tert-OH is 1. The Morgan fingerprint density at radius 2 is 2.02 bits per heavy atom. The van der Waals surface area contributed by atoms with E-state index in [1.165, 1.54) is 17.7 Å². The summed E-state index contributed by atoms with van der Waals surface area (Å²) in [5.41, 5.74) is 14.2. The second-order valence-electron chi connectivity index (χ2n) is 11.0. The largest absolute Gasteiger partial charge is 0.530 e. The molecule has 4 N–H and O–H groups in total. The predicted octanol–water partition coefficient (Wildman–Crippen LogP) is 3.20. The summed E-state index contributed by atoms with van der Waals surface area (Å²) >= 11 is 1.03. The summed E-state index contributed by atoms with van der Waals surface area (Å²) in [5.74, 6) is 0.345. The fourth-order valence-corrected chi connectivity index (χ4v) is 6.07. The molecule has 1 saturated heterocycles. The molecule has 2 heterocycles. The van der Waals surface area contributed by atoms with Crippen LogP contribution in [0.15, 0.2) is 45.2 Å². The molecule has 5 atom stereocenters. The number of aromatic amines is 1. The topological polar surface area (TPSA) is 221 Å². The number of aliphatic hydroxyl groups is 1. The number of rotatable bonds is 14. The lowest BCUT2D eigenvalue weighted by molar-refractivity contribution is -0.117. The first-order valence-corrected chi connectivity index (χ1v) is 15.9. The monoisotopic (exact) mass is 640 g/mol. The molecule has 0 amide bonds. The van der Waals surface area contributed by atoms with E-state index in [0.29, 0.717) is 6.42 Å². The number of aromatic nitrogens is 2. The van der Waals surface area contributed by atoms with Gasteiger partial charge in [0.15, 0.2) is 5.12 Å². The molecule has 1 aromatic carbocycles. The van der Waals surface area contributed by atoms with Crippen LogP contribution in [0.3, 0.4) is 0 Å². The van der Waals surface area contributed by atoms with E-state index >= 15 is 0 Å². The van der Waals surface area contributed by atoms with Crippen LogP contribution in [0, 0.1) is 12.3 Å². The molecule has 0 radical (unpaired) electrons. The van der Waals surface area contributed by atoms with Gasteiger partial charge < -0.3 is 20.1 Å². The normalized spacial score (nSPS) is 20.7. The van der Waals surface area contributed by atoms with Crippen LogP contribution in [0.1, 0.15) is 44.5 Å². The van der Waals surface area contributed by atoms with Gasteiger partial charge in [0.2, 0.25) is 0 Å². The zero-order valence-electron chi connectivity index (χ0n) is 24.4. The number of hydrogen-bond donors (Lipinski definition) is 3. The molecule has 1 unspecified atom stereocenters. The van der Waals surface area contributed by atoms with E-state index in [9.17, 15) is 24.1 Å². The average Bonchev–Trinajstić information content (AvgIpc) is 3.35. The van der Waals surface area contributed by atoms with Crippen LogP contribution < -0.4 is 21.5 Å². The van der Waals surface area contributed by atoms with Crippen molar-refractivity contribution in [3.63, 3.8) is 0 Å². The van der Waals surface area contributed by atoms with Crippen molar-refractivity contribution < 1.29 is 32.8 Å². The van der Waals surface area contributed by atoms with Gasteiger partial charge in [0.05, 0.1) is 32.0 Å². The molecule has 1 aliphatic heterocycles. The van der Waals surface area contributed by atoms with Crippen molar-refractivity contribution in [3.8, 4) is 5.75 Å². The molecule has 0 spiro atoms. The van der Waals surface area contributed by atoms with Crippen molar-refractivity contribution >= 4 is 24.7 Å². The summed E-state index contributed by atoms with van der Waals surface area (Å²) in [6.07, 6.45) is -0.00376. The Kier molecular flexibility index (Phi) is 12.2. The summed E-state index contributed by atoms with van der Waals surface area (Å²) in [4.78, 5) is 41.5. The molecule has 236 valence electrons. The number of thioether (sulfide) groups is 1. The molecule has 0 aliphatic carbocycles. The van der Waals surface area contributed by atoms with Crippen molar-refractivity contribution in [1.29, 1.82) is 0 Å². The highest BCUT2D eigenvalue weighted by Crippen LogP contribution is 2.50. The quantitative estimate of drug-likeness (QED) is 0.0894. The smallest absolute Gasteiger partial charge is 0.404 e. The number of carbonyl (C=O) groups is 1. The number of H-pyrrole nitrogens is 1. The number of aryl methyl sites for hydroxylation is 1. The van der Waals surface area contributed by atoms with Gasteiger partial charge in [0, 0.05) is 40.3 Å². The van der Waals surface area contributed by atoms with Crippen LogP contribution in [-0.2, 0) is 29.6 Å². The van der Waals surface area contributed by atoms with Crippen LogP contribution in [0.4, 0.5) is 0 Å². The first-order valence-electron chi connectivity index (χ1n) is 13.5. The van der Waals surface area contributed by atoms with Crippen molar-refractivity contribution in [1.82, 2.24) is 9.55 Å². The highest BCUT2D eigenvalue weighted by Gasteiger charge is 2.39. The molecule has 1 aromatic heterocycles. The standard InChI is InChI=1S/C26H37N6O9PS/c1-16-13-32(25(36)29-23(16)34)22-12-20(30-31-28)21(40-22)15-39-42(37,38-9-10-43-24(35)26(2,3)4)41-19-7-5-17(6-8-19)11-18(27)14-33/h5-8,13,18,20-22,33H,9-12,14-15,27H2,1-4H3,(H,29,34,36)/t18-,20-,21+,22+,42?/m0/s1. The number of benzene rings is 1. The summed E-state index contributed by atoms with van der Waals surface area (Å²) in [6.45, 7) is 6.17. The Labute approximate surface area is 252 Å². The number of phosphoric acid groups is 1. The molecule has 0 bridgehead atoms. The molecule has 3 rings (SSSR count). The van der Waals surface area contributed by atoms with E-state index in [2.05, 4.69) is 15.0 Å². The van der Waals surface area contributed by atoms with Crippen molar-refractivity contribution in [2.45, 2.75) is 65.0 Å². The van der Waals surface area contributed by atoms with Gasteiger partial charge in [-0.05, 0) is 36.6 Å². The van der Waals surface area contributed by atoms with Crippen molar-refractivity contribution in [2.24, 2.45) is 16.3 Å². The summed E-state index contributed by atoms with van der Waals surface area (Å²) < 4.78 is 37.7. The third-order valence-corrected chi connectivity index (χ3v) is 8.95. The van der Waals surface area contributed by atoms with Crippen molar-refractivity contribution in [3.05, 3.63) is 72.9 Å². The highest BCUT2D eigenvalue weighted by atomic mass is 32.2. The van der Waals surface area contributed by atoms with Crippen LogP contribution in [0.5, 0.6) is 5.75 Å². The highest BCUT2D eigenvalue weighted by molar-refractivity contribution is 8.13. The van der Waals surface area contributed by atoms with E-state index in [1.54, 1.807) is 45.0 Å². The number of hydrogen-bond acceptors (Lipinski definition) is 12. The van der Waals surface area contributed by atoms with Gasteiger partial charge in [-0.3, -0.25) is 28.2 Å². The van der Waals surface area contributed by atoms with E-state index in [-0.39, 0.29) is 41.8 Å². The Bertz CT molecular complexity index is 1470. The maximum absolute atomic E-state index is 13.8. The lowest BCUT2D eigenvalue weighted by Crippen LogP contribution is -2.33. The van der Waals surface area contributed by atoms with E-state index in [0.717, 1.165) is 17.3 Å². The van der Waals surface area contributed by atoms with Gasteiger partial charge >= 0.3 is 13.5 Å². The number of azide groups is 1. The van der Waals surface area contributed by atoms with Crippen LogP contribution in [-0.4, -0.2) is 63.5 Å². The number of phosphoric ester groups is 1. The van der Waals surface area contributed by atoms with Gasteiger partial charge in [-0.15, -0.1) is 0 Å². The average molecular weight is 641 g/mol. The molecule has 0 saturated carbocycles. The molecular weight excluding hydrogens is 603 g/mol. The predicted molar refractivity (Wildman–Crippen MR) is 160 cm³/mol.